The van der Waals surface area contributed by atoms with Gasteiger partial charge in [-0.25, -0.2) is 0 Å². The number of hydrogen-bond donors (Lipinski definition) is 1. The Morgan fingerprint density at radius 1 is 0.692 bits per heavy atom. The van der Waals surface area contributed by atoms with Gasteiger partial charge in [-0.05, 0) is 84.4 Å². The van der Waals surface area contributed by atoms with E-state index in [1.165, 1.54) is 0 Å². The predicted molar refractivity (Wildman–Crippen MR) is 160 cm³/mol. The van der Waals surface area contributed by atoms with Crippen molar-refractivity contribution in [1.29, 1.82) is 0 Å². The molecule has 4 nitrogen and oxygen atoms in total. The van der Waals surface area contributed by atoms with E-state index in [1.54, 1.807) is 23.1 Å². The average molecular weight is 549 g/mol. The molecule has 1 aliphatic heterocycles. The average Bonchev–Trinajstić information content (AvgIpc) is 3.56. The van der Waals surface area contributed by atoms with Gasteiger partial charge in [0.1, 0.15) is 11.5 Å². The summed E-state index contributed by atoms with van der Waals surface area (Å²) in [7, 11) is 0. The zero-order chi connectivity index (χ0) is 26.8. The summed E-state index contributed by atoms with van der Waals surface area (Å²) in [5.74, 6) is 1.06. The van der Waals surface area contributed by atoms with Gasteiger partial charge in [0.2, 0.25) is 0 Å². The van der Waals surface area contributed by atoms with Crippen molar-refractivity contribution in [2.45, 2.75) is 0 Å². The van der Waals surface area contributed by atoms with Gasteiger partial charge in [-0.15, -0.1) is 0 Å². The lowest BCUT2D eigenvalue weighted by molar-refractivity contribution is -0.113. The molecule has 0 spiro atoms. The Hall–Kier alpha value is -4.51. The fraction of sp³-hybridized carbons (Fsp3) is 0. The number of hydrogen-bond acceptors (Lipinski definition) is 3. The molecular weight excluding hydrogens is 527 g/mol. The maximum absolute atomic E-state index is 13.7. The Labute approximate surface area is 236 Å². The van der Waals surface area contributed by atoms with Crippen molar-refractivity contribution < 1.29 is 9.21 Å². The number of halogens is 2. The van der Waals surface area contributed by atoms with Crippen LogP contribution in [0.5, 0.6) is 0 Å². The highest BCUT2D eigenvalue weighted by atomic mass is 35.5. The Kier molecular flexibility index (Phi) is 6.80. The van der Waals surface area contributed by atoms with Crippen LogP contribution in [0, 0.1) is 0 Å². The number of anilines is 3. The quantitative estimate of drug-likeness (QED) is 0.215. The summed E-state index contributed by atoms with van der Waals surface area (Å²) in [6.07, 6.45) is 3.66. The third kappa shape index (κ3) is 5.26. The molecule has 6 heteroatoms. The molecule has 0 bridgehead atoms. The second-order valence-corrected chi connectivity index (χ2v) is 9.82. The summed E-state index contributed by atoms with van der Waals surface area (Å²) < 4.78 is 6.04. The molecule has 0 radical (unpaired) electrons. The minimum Gasteiger partial charge on any atom is -0.457 e. The zero-order valence-corrected chi connectivity index (χ0v) is 22.2. The van der Waals surface area contributed by atoms with Crippen LogP contribution < -0.4 is 10.2 Å². The normalized spacial score (nSPS) is 14.1. The minimum absolute atomic E-state index is 0.134. The number of rotatable bonds is 6. The molecule has 0 saturated carbocycles. The summed E-state index contributed by atoms with van der Waals surface area (Å²) >= 11 is 12.2. The third-order valence-electron chi connectivity index (χ3n) is 6.37. The molecule has 0 unspecified atom stereocenters. The molecule has 1 N–H and O–H groups in total. The van der Waals surface area contributed by atoms with Crippen molar-refractivity contribution in [3.8, 4) is 11.3 Å². The summed E-state index contributed by atoms with van der Waals surface area (Å²) in [6, 6.07) is 36.7. The van der Waals surface area contributed by atoms with Gasteiger partial charge in [0.25, 0.3) is 5.91 Å². The van der Waals surface area contributed by atoms with Gasteiger partial charge >= 0.3 is 0 Å². The van der Waals surface area contributed by atoms with Gasteiger partial charge < -0.3 is 9.73 Å². The lowest BCUT2D eigenvalue weighted by Crippen LogP contribution is -2.24. The molecule has 5 aromatic rings. The molecule has 1 aliphatic rings. The van der Waals surface area contributed by atoms with Crippen LogP contribution in [0.4, 0.5) is 17.1 Å². The summed E-state index contributed by atoms with van der Waals surface area (Å²) in [4.78, 5) is 15.5. The predicted octanol–water partition coefficient (Wildman–Crippen LogP) is 9.47. The first-order valence-corrected chi connectivity index (χ1v) is 13.1. The summed E-state index contributed by atoms with van der Waals surface area (Å²) in [5, 5.41) is 4.31. The van der Waals surface area contributed by atoms with Crippen molar-refractivity contribution in [3.63, 3.8) is 0 Å². The van der Waals surface area contributed by atoms with Gasteiger partial charge in [0, 0.05) is 28.2 Å². The Bertz CT molecular complexity index is 1710. The molecule has 39 heavy (non-hydrogen) atoms. The number of carbonyl (C=O) groups is 1. The number of benzene rings is 4. The van der Waals surface area contributed by atoms with E-state index in [0.717, 1.165) is 33.9 Å². The standard InChI is InChI=1S/C33H22Cl2N2O2/c34-29-17-11-23(20-30(29)35)32-18-16-28(39-32)19-24-21-31(22-7-3-1-4-8-22)37(33(24)38)27-14-12-26(13-15-27)36-25-9-5-2-6-10-25/h1-21,36H. The smallest absolute Gasteiger partial charge is 0.263 e. The van der Waals surface area contributed by atoms with Gasteiger partial charge in [-0.1, -0.05) is 71.7 Å². The maximum atomic E-state index is 13.7. The first-order valence-electron chi connectivity index (χ1n) is 12.4. The number of nitrogens with one attached hydrogen (secondary N) is 1. The molecule has 190 valence electrons. The molecule has 0 fully saturated rings. The summed E-state index contributed by atoms with van der Waals surface area (Å²) in [5.41, 5.74) is 5.77. The van der Waals surface area contributed by atoms with E-state index in [9.17, 15) is 4.79 Å². The van der Waals surface area contributed by atoms with Gasteiger partial charge in [0.05, 0.1) is 15.7 Å². The minimum atomic E-state index is -0.134. The van der Waals surface area contributed by atoms with Crippen LogP contribution in [-0.2, 0) is 4.79 Å². The van der Waals surface area contributed by atoms with Crippen LogP contribution in [0.25, 0.3) is 23.1 Å². The Morgan fingerprint density at radius 2 is 1.38 bits per heavy atom. The second kappa shape index (κ2) is 10.7. The number of carbonyl (C=O) groups excluding carboxylic acids is 1. The molecule has 6 rings (SSSR count). The summed E-state index contributed by atoms with van der Waals surface area (Å²) in [6.45, 7) is 0. The van der Waals surface area contributed by atoms with E-state index in [2.05, 4.69) is 5.32 Å². The molecule has 4 aromatic carbocycles. The highest BCUT2D eigenvalue weighted by molar-refractivity contribution is 6.42. The Morgan fingerprint density at radius 3 is 2.10 bits per heavy atom. The van der Waals surface area contributed by atoms with E-state index >= 15 is 0 Å². The van der Waals surface area contributed by atoms with Crippen molar-refractivity contribution in [1.82, 2.24) is 0 Å². The van der Waals surface area contributed by atoms with Crippen molar-refractivity contribution in [2.24, 2.45) is 0 Å². The fourth-order valence-corrected chi connectivity index (χ4v) is 4.76. The van der Waals surface area contributed by atoms with Gasteiger partial charge in [0.15, 0.2) is 0 Å². The largest absolute Gasteiger partial charge is 0.457 e. The van der Waals surface area contributed by atoms with E-state index in [4.69, 9.17) is 27.6 Å². The van der Waals surface area contributed by atoms with Crippen LogP contribution in [0.1, 0.15) is 11.3 Å². The van der Waals surface area contributed by atoms with Crippen molar-refractivity contribution in [3.05, 3.63) is 148 Å². The molecular formula is C33H22Cl2N2O2. The first kappa shape index (κ1) is 24.8. The van der Waals surface area contributed by atoms with E-state index in [0.29, 0.717) is 27.1 Å². The van der Waals surface area contributed by atoms with Gasteiger partial charge in [-0.3, -0.25) is 9.69 Å². The third-order valence-corrected chi connectivity index (χ3v) is 7.11. The molecule has 2 heterocycles. The Balaban J connectivity index is 1.32. The zero-order valence-electron chi connectivity index (χ0n) is 20.6. The van der Waals surface area contributed by atoms with Gasteiger partial charge in [-0.2, -0.15) is 0 Å². The SMILES string of the molecule is O=C1C(=Cc2ccc(-c3ccc(Cl)c(Cl)c3)o2)C=C(c2ccccc2)N1c1ccc(Nc2ccccc2)cc1. The monoisotopic (exact) mass is 548 g/mol. The van der Waals surface area contributed by atoms with Crippen molar-refractivity contribution in [2.75, 3.05) is 10.2 Å². The van der Waals surface area contributed by atoms with Crippen LogP contribution in [-0.4, -0.2) is 5.91 Å². The van der Waals surface area contributed by atoms with Crippen LogP contribution in [0.3, 0.4) is 0 Å². The highest BCUT2D eigenvalue weighted by Crippen LogP contribution is 2.37. The second-order valence-electron chi connectivity index (χ2n) is 9.00. The molecule has 0 aliphatic carbocycles. The molecule has 0 atom stereocenters. The number of nitrogens with zero attached hydrogens (tertiary/aromatic N) is 1. The molecule has 0 saturated heterocycles. The van der Waals surface area contributed by atoms with Crippen molar-refractivity contribution >= 4 is 57.9 Å². The van der Waals surface area contributed by atoms with Crippen LogP contribution >= 0.6 is 23.2 Å². The molecule has 1 amide bonds. The van der Waals surface area contributed by atoms with E-state index < -0.39 is 0 Å². The molecule has 1 aromatic heterocycles. The number of amides is 1. The lowest BCUT2D eigenvalue weighted by atomic mass is 10.1. The number of para-hydroxylation sites is 1. The highest BCUT2D eigenvalue weighted by Gasteiger charge is 2.30. The lowest BCUT2D eigenvalue weighted by Gasteiger charge is -2.21. The maximum Gasteiger partial charge on any atom is 0.263 e. The van der Waals surface area contributed by atoms with E-state index in [1.807, 2.05) is 109 Å². The fourth-order valence-electron chi connectivity index (χ4n) is 4.46. The van der Waals surface area contributed by atoms with E-state index in [-0.39, 0.29) is 5.91 Å². The van der Waals surface area contributed by atoms with Crippen LogP contribution in [0.15, 0.2) is 131 Å². The first-order chi connectivity index (χ1) is 19.0. The van der Waals surface area contributed by atoms with Crippen LogP contribution in [0.2, 0.25) is 10.0 Å². The number of furan rings is 1. The topological polar surface area (TPSA) is 45.5 Å².